The minimum absolute atomic E-state index is 0.0931. The molecule has 0 aliphatic heterocycles. The van der Waals surface area contributed by atoms with Crippen molar-refractivity contribution in [1.82, 2.24) is 9.88 Å². The number of hydrogen-bond acceptors (Lipinski definition) is 2. The number of aromatic nitrogens is 1. The summed E-state index contributed by atoms with van der Waals surface area (Å²) in [6.07, 6.45) is 4.47. The molecule has 0 aromatic carbocycles. The molecule has 1 unspecified atom stereocenters. The Balaban J connectivity index is 1.95. The van der Waals surface area contributed by atoms with Gasteiger partial charge in [-0.05, 0) is 31.4 Å². The van der Waals surface area contributed by atoms with Crippen molar-refractivity contribution >= 4 is 5.91 Å². The molecule has 1 aliphatic carbocycles. The van der Waals surface area contributed by atoms with E-state index in [9.17, 15) is 9.90 Å². The van der Waals surface area contributed by atoms with Gasteiger partial charge in [0.15, 0.2) is 0 Å². The van der Waals surface area contributed by atoms with Gasteiger partial charge in [0, 0.05) is 18.8 Å². The SMILES string of the molecule is CCC(O)CNC(=O)c1cccn1C1CC1. The van der Waals surface area contributed by atoms with E-state index in [4.69, 9.17) is 0 Å². The lowest BCUT2D eigenvalue weighted by atomic mass is 10.3. The maximum absolute atomic E-state index is 11.8. The number of nitrogens with zero attached hydrogens (tertiary/aromatic N) is 1. The van der Waals surface area contributed by atoms with Gasteiger partial charge in [0.25, 0.3) is 5.91 Å². The summed E-state index contributed by atoms with van der Waals surface area (Å²) in [5.74, 6) is -0.0931. The number of amides is 1. The van der Waals surface area contributed by atoms with Crippen LogP contribution in [0.15, 0.2) is 18.3 Å². The minimum Gasteiger partial charge on any atom is -0.391 e. The van der Waals surface area contributed by atoms with Gasteiger partial charge in [-0.1, -0.05) is 6.92 Å². The molecule has 16 heavy (non-hydrogen) atoms. The molecule has 4 heteroatoms. The van der Waals surface area contributed by atoms with Crippen LogP contribution in [0.1, 0.15) is 42.7 Å². The van der Waals surface area contributed by atoms with Crippen LogP contribution in [0.3, 0.4) is 0 Å². The molecule has 1 fully saturated rings. The average molecular weight is 222 g/mol. The van der Waals surface area contributed by atoms with Gasteiger partial charge in [-0.15, -0.1) is 0 Å². The highest BCUT2D eigenvalue weighted by molar-refractivity contribution is 5.92. The predicted octanol–water partition coefficient (Wildman–Crippen LogP) is 1.32. The fourth-order valence-electron chi connectivity index (χ4n) is 1.70. The molecule has 0 bridgehead atoms. The van der Waals surface area contributed by atoms with Crippen molar-refractivity contribution in [2.45, 2.75) is 38.3 Å². The van der Waals surface area contributed by atoms with Gasteiger partial charge in [0.05, 0.1) is 6.10 Å². The third-order valence-corrected chi connectivity index (χ3v) is 2.92. The third-order valence-electron chi connectivity index (χ3n) is 2.92. The maximum atomic E-state index is 11.8. The largest absolute Gasteiger partial charge is 0.391 e. The molecule has 1 amide bonds. The van der Waals surface area contributed by atoms with Crippen molar-refractivity contribution in [3.8, 4) is 0 Å². The molecule has 1 aromatic heterocycles. The second-order valence-corrected chi connectivity index (χ2v) is 4.30. The van der Waals surface area contributed by atoms with Crippen LogP contribution in [0, 0.1) is 0 Å². The Morgan fingerprint density at radius 1 is 1.69 bits per heavy atom. The highest BCUT2D eigenvalue weighted by Gasteiger charge is 2.26. The Kier molecular flexibility index (Phi) is 3.29. The smallest absolute Gasteiger partial charge is 0.268 e. The molecule has 2 N–H and O–H groups in total. The normalized spacial score (nSPS) is 17.1. The number of nitrogens with one attached hydrogen (secondary N) is 1. The summed E-state index contributed by atoms with van der Waals surface area (Å²) < 4.78 is 2.02. The van der Waals surface area contributed by atoms with Crippen LogP contribution in [-0.4, -0.2) is 28.2 Å². The van der Waals surface area contributed by atoms with Gasteiger partial charge >= 0.3 is 0 Å². The Labute approximate surface area is 95.3 Å². The quantitative estimate of drug-likeness (QED) is 0.789. The van der Waals surface area contributed by atoms with E-state index in [1.807, 2.05) is 29.8 Å². The van der Waals surface area contributed by atoms with E-state index < -0.39 is 6.10 Å². The van der Waals surface area contributed by atoms with Crippen molar-refractivity contribution in [2.24, 2.45) is 0 Å². The molecule has 2 rings (SSSR count). The summed E-state index contributed by atoms with van der Waals surface area (Å²) in [6.45, 7) is 2.22. The van der Waals surface area contributed by atoms with E-state index in [0.717, 1.165) is 12.8 Å². The van der Waals surface area contributed by atoms with Gasteiger partial charge in [0.1, 0.15) is 5.69 Å². The van der Waals surface area contributed by atoms with Crippen LogP contribution in [-0.2, 0) is 0 Å². The van der Waals surface area contributed by atoms with Crippen LogP contribution in [0.5, 0.6) is 0 Å². The molecular weight excluding hydrogens is 204 g/mol. The summed E-state index contributed by atoms with van der Waals surface area (Å²) in [7, 11) is 0. The lowest BCUT2D eigenvalue weighted by Crippen LogP contribution is -2.32. The van der Waals surface area contributed by atoms with E-state index in [1.165, 1.54) is 0 Å². The van der Waals surface area contributed by atoms with Gasteiger partial charge in [0.2, 0.25) is 0 Å². The van der Waals surface area contributed by atoms with Gasteiger partial charge < -0.3 is 15.0 Å². The number of rotatable bonds is 5. The van der Waals surface area contributed by atoms with Crippen LogP contribution in [0.25, 0.3) is 0 Å². The van der Waals surface area contributed by atoms with Crippen LogP contribution in [0.4, 0.5) is 0 Å². The Morgan fingerprint density at radius 2 is 2.44 bits per heavy atom. The summed E-state index contributed by atoms with van der Waals surface area (Å²) in [6, 6.07) is 4.22. The number of carbonyl (C=O) groups excluding carboxylic acids is 1. The van der Waals surface area contributed by atoms with E-state index in [2.05, 4.69) is 5.32 Å². The first kappa shape index (κ1) is 11.2. The van der Waals surface area contributed by atoms with Gasteiger partial charge in [-0.2, -0.15) is 0 Å². The van der Waals surface area contributed by atoms with E-state index >= 15 is 0 Å². The fourth-order valence-corrected chi connectivity index (χ4v) is 1.70. The molecule has 1 aliphatic rings. The molecular formula is C12H18N2O2. The molecule has 0 radical (unpaired) electrons. The summed E-state index contributed by atoms with van der Waals surface area (Å²) in [5, 5.41) is 12.1. The molecule has 88 valence electrons. The molecule has 1 heterocycles. The molecule has 1 saturated carbocycles. The van der Waals surface area contributed by atoms with Crippen LogP contribution < -0.4 is 5.32 Å². The third kappa shape index (κ3) is 2.44. The fraction of sp³-hybridized carbons (Fsp3) is 0.583. The monoisotopic (exact) mass is 222 g/mol. The average Bonchev–Trinajstić information content (AvgIpc) is 3.03. The summed E-state index contributed by atoms with van der Waals surface area (Å²) >= 11 is 0. The Bertz CT molecular complexity index is 369. The van der Waals surface area contributed by atoms with E-state index in [-0.39, 0.29) is 5.91 Å². The van der Waals surface area contributed by atoms with Gasteiger partial charge in [-0.3, -0.25) is 4.79 Å². The van der Waals surface area contributed by atoms with Gasteiger partial charge in [-0.25, -0.2) is 0 Å². The van der Waals surface area contributed by atoms with Crippen molar-refractivity contribution in [3.05, 3.63) is 24.0 Å². The lowest BCUT2D eigenvalue weighted by molar-refractivity contribution is 0.0904. The summed E-state index contributed by atoms with van der Waals surface area (Å²) in [5.41, 5.74) is 0.700. The van der Waals surface area contributed by atoms with Crippen LogP contribution in [0.2, 0.25) is 0 Å². The Morgan fingerprint density at radius 3 is 3.06 bits per heavy atom. The first-order valence-corrected chi connectivity index (χ1v) is 5.85. The van der Waals surface area contributed by atoms with E-state index in [0.29, 0.717) is 24.7 Å². The second-order valence-electron chi connectivity index (χ2n) is 4.30. The predicted molar refractivity (Wildman–Crippen MR) is 61.3 cm³/mol. The molecule has 1 atom stereocenters. The first-order valence-electron chi connectivity index (χ1n) is 5.85. The van der Waals surface area contributed by atoms with Crippen molar-refractivity contribution < 1.29 is 9.90 Å². The van der Waals surface area contributed by atoms with Crippen molar-refractivity contribution in [2.75, 3.05) is 6.54 Å². The zero-order valence-electron chi connectivity index (χ0n) is 9.52. The zero-order valence-corrected chi connectivity index (χ0v) is 9.52. The summed E-state index contributed by atoms with van der Waals surface area (Å²) in [4.78, 5) is 11.8. The minimum atomic E-state index is -0.451. The molecule has 1 aromatic rings. The highest BCUT2D eigenvalue weighted by Crippen LogP contribution is 2.35. The highest BCUT2D eigenvalue weighted by atomic mass is 16.3. The molecule has 4 nitrogen and oxygen atoms in total. The topological polar surface area (TPSA) is 54.3 Å². The number of hydrogen-bond donors (Lipinski definition) is 2. The second kappa shape index (κ2) is 4.70. The Hall–Kier alpha value is -1.29. The maximum Gasteiger partial charge on any atom is 0.268 e. The van der Waals surface area contributed by atoms with Crippen molar-refractivity contribution in [1.29, 1.82) is 0 Å². The lowest BCUT2D eigenvalue weighted by Gasteiger charge is -2.11. The zero-order chi connectivity index (χ0) is 11.5. The standard InChI is InChI=1S/C12H18N2O2/c1-2-10(15)8-13-12(16)11-4-3-7-14(11)9-5-6-9/h3-4,7,9-10,15H,2,5-6,8H2,1H3,(H,13,16). The number of aliphatic hydroxyl groups excluding tert-OH is 1. The number of aliphatic hydroxyl groups is 1. The molecule has 0 saturated heterocycles. The van der Waals surface area contributed by atoms with E-state index in [1.54, 1.807) is 0 Å². The molecule has 0 spiro atoms. The first-order chi connectivity index (χ1) is 7.72. The van der Waals surface area contributed by atoms with Crippen LogP contribution >= 0.6 is 0 Å². The number of carbonyl (C=O) groups is 1. The van der Waals surface area contributed by atoms with Crippen molar-refractivity contribution in [3.63, 3.8) is 0 Å².